The molecule has 1 atom stereocenters. The van der Waals surface area contributed by atoms with E-state index in [4.69, 9.17) is 0 Å². The minimum absolute atomic E-state index is 0. The molecule has 1 heterocycles. The molecular weight excluding hydrogens is 469 g/mol. The van der Waals surface area contributed by atoms with Crippen LogP contribution in [0.3, 0.4) is 0 Å². The Balaban J connectivity index is 0.00000338. The summed E-state index contributed by atoms with van der Waals surface area (Å²) in [6, 6.07) is 7.76. The fourth-order valence-corrected chi connectivity index (χ4v) is 3.23. The normalized spacial score (nSPS) is 16.9. The summed E-state index contributed by atoms with van der Waals surface area (Å²) in [5, 5.41) is 9.12. The van der Waals surface area contributed by atoms with Crippen LogP contribution in [-0.4, -0.2) is 52.7 Å². The molecular formula is C16H26IN5O3S. The highest BCUT2D eigenvalue weighted by atomic mass is 127. The van der Waals surface area contributed by atoms with Gasteiger partial charge >= 0.3 is 0 Å². The number of fused-ring (bicyclic) bond motifs is 1. The van der Waals surface area contributed by atoms with Crippen LogP contribution in [0.5, 0.6) is 0 Å². The van der Waals surface area contributed by atoms with Crippen LogP contribution in [-0.2, 0) is 14.8 Å². The van der Waals surface area contributed by atoms with Crippen LogP contribution in [0.1, 0.15) is 24.8 Å². The molecule has 0 aliphatic carbocycles. The number of rotatable bonds is 7. The maximum atomic E-state index is 11.8. The van der Waals surface area contributed by atoms with E-state index in [-0.39, 0.29) is 48.1 Å². The maximum absolute atomic E-state index is 11.8. The first-order valence-corrected chi connectivity index (χ1v) is 9.91. The van der Waals surface area contributed by atoms with E-state index in [0.717, 1.165) is 11.3 Å². The summed E-state index contributed by atoms with van der Waals surface area (Å²) < 4.78 is 25.2. The van der Waals surface area contributed by atoms with Gasteiger partial charge < -0.3 is 16.0 Å². The molecule has 2 rings (SSSR count). The maximum Gasteiger partial charge on any atom is 0.225 e. The zero-order chi connectivity index (χ0) is 18.3. The Kier molecular flexibility index (Phi) is 9.30. The Morgan fingerprint density at radius 3 is 2.69 bits per heavy atom. The fourth-order valence-electron chi connectivity index (χ4n) is 2.61. The highest BCUT2D eigenvalue weighted by molar-refractivity contribution is 14.0. The van der Waals surface area contributed by atoms with Crippen LogP contribution in [0.25, 0.3) is 0 Å². The summed E-state index contributed by atoms with van der Waals surface area (Å²) >= 11 is 0. The molecule has 0 saturated heterocycles. The van der Waals surface area contributed by atoms with Crippen molar-refractivity contribution in [1.29, 1.82) is 0 Å². The number of para-hydroxylation sites is 1. The largest absolute Gasteiger partial charge is 0.356 e. The number of guanidine groups is 1. The molecule has 1 aromatic rings. The van der Waals surface area contributed by atoms with Crippen molar-refractivity contribution >= 4 is 51.6 Å². The topological polar surface area (TPSA) is 112 Å². The van der Waals surface area contributed by atoms with Gasteiger partial charge in [-0.3, -0.25) is 9.79 Å². The lowest BCUT2D eigenvalue weighted by atomic mass is 9.90. The molecule has 10 heteroatoms. The third-order valence-electron chi connectivity index (χ3n) is 3.97. The number of carbonyl (C=O) groups is 1. The summed E-state index contributed by atoms with van der Waals surface area (Å²) in [6.07, 6.45) is 0.414. The summed E-state index contributed by atoms with van der Waals surface area (Å²) in [6.45, 7) is 2.85. The average molecular weight is 495 g/mol. The summed E-state index contributed by atoms with van der Waals surface area (Å²) in [5.41, 5.74) is 1.95. The third kappa shape index (κ3) is 6.72. The second kappa shape index (κ2) is 10.7. The first-order chi connectivity index (χ1) is 11.9. The van der Waals surface area contributed by atoms with Crippen molar-refractivity contribution in [3.8, 4) is 0 Å². The first kappa shape index (κ1) is 22.6. The van der Waals surface area contributed by atoms with E-state index in [9.17, 15) is 13.2 Å². The number of sulfonamides is 1. The van der Waals surface area contributed by atoms with Crippen molar-refractivity contribution in [2.45, 2.75) is 19.3 Å². The van der Waals surface area contributed by atoms with Crippen LogP contribution in [0.15, 0.2) is 29.3 Å². The van der Waals surface area contributed by atoms with Crippen molar-refractivity contribution in [2.24, 2.45) is 4.99 Å². The standard InChI is InChI=1S/C16H25N5O3S.HI/c1-3-25(23,24)20-9-8-18-16(17-2)19-11-12-10-15(22)21-14-7-5-4-6-13(12)14;/h4-7,12,20H,3,8-11H2,1-2H3,(H,21,22)(H2,17,18,19);1H. The van der Waals surface area contributed by atoms with Crippen molar-refractivity contribution < 1.29 is 13.2 Å². The minimum Gasteiger partial charge on any atom is -0.356 e. The number of hydrogen-bond donors (Lipinski definition) is 4. The van der Waals surface area contributed by atoms with Gasteiger partial charge in [-0.15, -0.1) is 24.0 Å². The summed E-state index contributed by atoms with van der Waals surface area (Å²) in [4.78, 5) is 16.0. The van der Waals surface area contributed by atoms with Gasteiger partial charge in [-0.1, -0.05) is 18.2 Å². The molecule has 8 nitrogen and oxygen atoms in total. The Bertz CT molecular complexity index is 739. The van der Waals surface area contributed by atoms with Gasteiger partial charge in [0.15, 0.2) is 5.96 Å². The predicted octanol–water partition coefficient (Wildman–Crippen LogP) is 0.835. The lowest BCUT2D eigenvalue weighted by Gasteiger charge is -2.26. The van der Waals surface area contributed by atoms with E-state index in [0.29, 0.717) is 25.5 Å². The zero-order valence-electron chi connectivity index (χ0n) is 14.9. The van der Waals surface area contributed by atoms with E-state index >= 15 is 0 Å². The molecule has 4 N–H and O–H groups in total. The Labute approximate surface area is 171 Å². The van der Waals surface area contributed by atoms with Gasteiger partial charge in [0.1, 0.15) is 0 Å². The highest BCUT2D eigenvalue weighted by Gasteiger charge is 2.24. The molecule has 0 saturated carbocycles. The molecule has 0 aromatic heterocycles. The lowest BCUT2D eigenvalue weighted by Crippen LogP contribution is -2.43. The number of aliphatic imine (C=N–C) groups is 1. The molecule has 1 unspecified atom stereocenters. The predicted molar refractivity (Wildman–Crippen MR) is 115 cm³/mol. The van der Waals surface area contributed by atoms with Crippen LogP contribution >= 0.6 is 24.0 Å². The van der Waals surface area contributed by atoms with Gasteiger partial charge in [0.05, 0.1) is 5.75 Å². The lowest BCUT2D eigenvalue weighted by molar-refractivity contribution is -0.116. The van der Waals surface area contributed by atoms with Gasteiger partial charge in [0.25, 0.3) is 0 Å². The molecule has 0 fully saturated rings. The third-order valence-corrected chi connectivity index (χ3v) is 5.37. The summed E-state index contributed by atoms with van der Waals surface area (Å²) in [7, 11) is -1.54. The second-order valence-electron chi connectivity index (χ2n) is 5.71. The molecule has 146 valence electrons. The monoisotopic (exact) mass is 495 g/mol. The SMILES string of the molecule is CCS(=O)(=O)NCCNC(=NC)NCC1CC(=O)Nc2ccccc21.I. The van der Waals surface area contributed by atoms with Crippen molar-refractivity contribution in [3.63, 3.8) is 0 Å². The zero-order valence-corrected chi connectivity index (χ0v) is 18.1. The number of benzene rings is 1. The van der Waals surface area contributed by atoms with Crippen molar-refractivity contribution in [2.75, 3.05) is 37.8 Å². The van der Waals surface area contributed by atoms with Gasteiger partial charge in [0, 0.05) is 44.7 Å². The van der Waals surface area contributed by atoms with Crippen LogP contribution < -0.4 is 20.7 Å². The Morgan fingerprint density at radius 1 is 1.27 bits per heavy atom. The molecule has 1 aromatic carbocycles. The molecule has 1 aliphatic heterocycles. The Morgan fingerprint density at radius 2 is 2.00 bits per heavy atom. The molecule has 26 heavy (non-hydrogen) atoms. The quantitative estimate of drug-likeness (QED) is 0.194. The number of hydrogen-bond acceptors (Lipinski definition) is 4. The van der Waals surface area contributed by atoms with E-state index < -0.39 is 10.0 Å². The molecule has 0 spiro atoms. The number of halogens is 1. The number of carbonyl (C=O) groups excluding carboxylic acids is 1. The molecule has 0 radical (unpaired) electrons. The van der Waals surface area contributed by atoms with E-state index in [1.165, 1.54) is 0 Å². The van der Waals surface area contributed by atoms with Gasteiger partial charge in [0.2, 0.25) is 15.9 Å². The van der Waals surface area contributed by atoms with Crippen LogP contribution in [0, 0.1) is 0 Å². The van der Waals surface area contributed by atoms with Gasteiger partial charge in [-0.05, 0) is 18.6 Å². The molecule has 1 aliphatic rings. The highest BCUT2D eigenvalue weighted by Crippen LogP contribution is 2.31. The van der Waals surface area contributed by atoms with Crippen molar-refractivity contribution in [3.05, 3.63) is 29.8 Å². The van der Waals surface area contributed by atoms with E-state index in [2.05, 4.69) is 25.7 Å². The number of anilines is 1. The fraction of sp³-hybridized carbons (Fsp3) is 0.500. The van der Waals surface area contributed by atoms with E-state index in [1.54, 1.807) is 14.0 Å². The van der Waals surface area contributed by atoms with Crippen LogP contribution in [0.2, 0.25) is 0 Å². The Hall–Kier alpha value is -1.40. The molecule has 0 bridgehead atoms. The van der Waals surface area contributed by atoms with Gasteiger partial charge in [-0.2, -0.15) is 0 Å². The number of nitrogens with one attached hydrogen (secondary N) is 4. The van der Waals surface area contributed by atoms with Gasteiger partial charge in [-0.25, -0.2) is 13.1 Å². The van der Waals surface area contributed by atoms with Crippen molar-refractivity contribution in [1.82, 2.24) is 15.4 Å². The second-order valence-corrected chi connectivity index (χ2v) is 7.81. The smallest absolute Gasteiger partial charge is 0.225 e. The average Bonchev–Trinajstić information content (AvgIpc) is 2.60. The van der Waals surface area contributed by atoms with Crippen LogP contribution in [0.4, 0.5) is 5.69 Å². The summed E-state index contributed by atoms with van der Waals surface area (Å²) in [5.74, 6) is 0.687. The number of nitrogens with zero attached hydrogens (tertiary/aromatic N) is 1. The number of amides is 1. The first-order valence-electron chi connectivity index (χ1n) is 8.25. The minimum atomic E-state index is -3.19. The molecule has 1 amide bonds. The van der Waals surface area contributed by atoms with E-state index in [1.807, 2.05) is 24.3 Å².